The van der Waals surface area contributed by atoms with Gasteiger partial charge in [0, 0.05) is 5.69 Å². The van der Waals surface area contributed by atoms with Crippen LogP contribution in [0.15, 0.2) is 87.5 Å². The molecule has 150 valence electrons. The summed E-state index contributed by atoms with van der Waals surface area (Å²) in [5.74, 6) is -1.20. The fourth-order valence-electron chi connectivity index (χ4n) is 2.70. The van der Waals surface area contributed by atoms with E-state index in [1.165, 1.54) is 48.5 Å². The van der Waals surface area contributed by atoms with Crippen LogP contribution in [0.1, 0.15) is 15.9 Å². The Morgan fingerprint density at radius 2 is 1.52 bits per heavy atom. The number of hydrogen-bond acceptors (Lipinski definition) is 5. The lowest BCUT2D eigenvalue weighted by Crippen LogP contribution is -2.15. The number of sulfonamides is 1. The van der Waals surface area contributed by atoms with Crippen molar-refractivity contribution < 1.29 is 26.7 Å². The average Bonchev–Trinajstić information content (AvgIpc) is 2.68. The Bertz CT molecular complexity index is 1280. The summed E-state index contributed by atoms with van der Waals surface area (Å²) in [5.41, 5.74) is 0.321. The molecule has 3 aromatic carbocycles. The van der Waals surface area contributed by atoms with E-state index in [9.17, 15) is 21.6 Å². The van der Waals surface area contributed by atoms with Crippen molar-refractivity contribution in [3.05, 3.63) is 83.9 Å². The predicted molar refractivity (Wildman–Crippen MR) is 107 cm³/mol. The van der Waals surface area contributed by atoms with E-state index < -0.39 is 25.8 Å². The van der Waals surface area contributed by atoms with Gasteiger partial charge in [0.1, 0.15) is 0 Å². The number of hydrogen-bond donors (Lipinski definition) is 2. The number of anilines is 1. The second kappa shape index (κ2) is 7.69. The van der Waals surface area contributed by atoms with Crippen molar-refractivity contribution in [2.24, 2.45) is 0 Å². The average molecular weight is 431 g/mol. The molecule has 0 radical (unpaired) electrons. The van der Waals surface area contributed by atoms with Gasteiger partial charge >= 0.3 is 5.97 Å². The number of aromatic carboxylic acids is 1. The lowest BCUT2D eigenvalue weighted by Gasteiger charge is -2.13. The molecule has 0 atom stereocenters. The van der Waals surface area contributed by atoms with Gasteiger partial charge in [-0.05, 0) is 55.0 Å². The van der Waals surface area contributed by atoms with Crippen LogP contribution in [-0.4, -0.2) is 27.9 Å². The molecule has 2 N–H and O–H groups in total. The first-order valence-corrected chi connectivity index (χ1v) is 11.3. The van der Waals surface area contributed by atoms with Crippen LogP contribution in [0.4, 0.5) is 5.69 Å². The molecule has 3 rings (SSSR count). The zero-order chi connectivity index (χ0) is 21.2. The molecule has 0 aliphatic heterocycles. The van der Waals surface area contributed by atoms with E-state index in [2.05, 4.69) is 4.72 Å². The Morgan fingerprint density at radius 3 is 2.17 bits per heavy atom. The van der Waals surface area contributed by atoms with Crippen LogP contribution < -0.4 is 4.72 Å². The minimum atomic E-state index is -4.16. The maximum Gasteiger partial charge on any atom is 0.335 e. The van der Waals surface area contributed by atoms with E-state index in [1.807, 2.05) is 0 Å². The maximum absolute atomic E-state index is 12.9. The van der Waals surface area contributed by atoms with Gasteiger partial charge in [-0.3, -0.25) is 4.72 Å². The molecule has 29 heavy (non-hydrogen) atoms. The molecule has 0 aromatic heterocycles. The summed E-state index contributed by atoms with van der Waals surface area (Å²) in [6.45, 7) is 1.54. The summed E-state index contributed by atoms with van der Waals surface area (Å²) in [4.78, 5) is 10.8. The minimum absolute atomic E-state index is 0.0503. The number of sulfone groups is 1. The number of nitrogens with one attached hydrogen (secondary N) is 1. The predicted octanol–water partition coefficient (Wildman–Crippen LogP) is 3.33. The number of carboxylic acid groups (broad SMARTS) is 1. The maximum atomic E-state index is 12.9. The van der Waals surface area contributed by atoms with Crippen molar-refractivity contribution in [2.75, 3.05) is 4.72 Å². The van der Waals surface area contributed by atoms with Gasteiger partial charge in [-0.1, -0.05) is 30.3 Å². The molecule has 0 fully saturated rings. The third-order valence-electron chi connectivity index (χ3n) is 4.17. The normalized spacial score (nSPS) is 11.8. The molecule has 0 saturated heterocycles. The standard InChI is InChI=1S/C20H17NO6S2/c1-14-10-11-18(28(24,25)17-8-3-2-4-9-17)13-19(14)29(26,27)21-16-7-5-6-15(12-16)20(22)23/h2-13,21H,1H3,(H,22,23). The van der Waals surface area contributed by atoms with Crippen molar-refractivity contribution in [1.29, 1.82) is 0 Å². The molecule has 0 amide bonds. The SMILES string of the molecule is Cc1ccc(S(=O)(=O)c2ccccc2)cc1S(=O)(=O)Nc1cccc(C(=O)O)c1. The molecule has 9 heteroatoms. The first-order chi connectivity index (χ1) is 13.6. The van der Waals surface area contributed by atoms with Crippen molar-refractivity contribution in [3.8, 4) is 0 Å². The van der Waals surface area contributed by atoms with Crippen LogP contribution in [0.3, 0.4) is 0 Å². The lowest BCUT2D eigenvalue weighted by molar-refractivity contribution is 0.0697. The van der Waals surface area contributed by atoms with Gasteiger partial charge in [0.15, 0.2) is 0 Å². The Hall–Kier alpha value is -3.17. The zero-order valence-electron chi connectivity index (χ0n) is 15.2. The van der Waals surface area contributed by atoms with E-state index in [1.54, 1.807) is 25.1 Å². The van der Waals surface area contributed by atoms with Crippen LogP contribution in [0.25, 0.3) is 0 Å². The zero-order valence-corrected chi connectivity index (χ0v) is 16.9. The summed E-state index contributed by atoms with van der Waals surface area (Å²) in [5, 5.41) is 9.06. The number of carbonyl (C=O) groups is 1. The molecule has 0 unspecified atom stereocenters. The first-order valence-electron chi connectivity index (χ1n) is 8.38. The van der Waals surface area contributed by atoms with Gasteiger partial charge in [0.25, 0.3) is 10.0 Å². The van der Waals surface area contributed by atoms with E-state index in [0.717, 1.165) is 6.07 Å². The van der Waals surface area contributed by atoms with Gasteiger partial charge in [0.2, 0.25) is 9.84 Å². The quantitative estimate of drug-likeness (QED) is 0.618. The van der Waals surface area contributed by atoms with Gasteiger partial charge in [-0.15, -0.1) is 0 Å². The molecule has 0 bridgehead atoms. The first kappa shape index (κ1) is 20.6. The highest BCUT2D eigenvalue weighted by Gasteiger charge is 2.23. The molecule has 7 nitrogen and oxygen atoms in total. The second-order valence-electron chi connectivity index (χ2n) is 6.24. The number of carboxylic acids is 1. The van der Waals surface area contributed by atoms with E-state index in [0.29, 0.717) is 5.56 Å². The van der Waals surface area contributed by atoms with Crippen molar-refractivity contribution >= 4 is 31.5 Å². The number of benzene rings is 3. The van der Waals surface area contributed by atoms with E-state index in [-0.39, 0.29) is 25.9 Å². The Kier molecular flexibility index (Phi) is 5.45. The lowest BCUT2D eigenvalue weighted by atomic mass is 10.2. The fraction of sp³-hybridized carbons (Fsp3) is 0.0500. The summed E-state index contributed by atoms with van der Waals surface area (Å²) >= 11 is 0. The van der Waals surface area contributed by atoms with E-state index >= 15 is 0 Å². The Morgan fingerprint density at radius 1 is 0.828 bits per heavy atom. The van der Waals surface area contributed by atoms with Crippen molar-refractivity contribution in [1.82, 2.24) is 0 Å². The molecule has 0 heterocycles. The molecule has 3 aromatic rings. The van der Waals surface area contributed by atoms with Gasteiger partial charge in [-0.25, -0.2) is 21.6 Å². The monoisotopic (exact) mass is 431 g/mol. The fourth-order valence-corrected chi connectivity index (χ4v) is 5.40. The minimum Gasteiger partial charge on any atom is -0.478 e. The van der Waals surface area contributed by atoms with E-state index in [4.69, 9.17) is 5.11 Å². The summed E-state index contributed by atoms with van der Waals surface area (Å²) in [6, 6.07) is 16.9. The topological polar surface area (TPSA) is 118 Å². The second-order valence-corrected chi connectivity index (χ2v) is 9.84. The van der Waals surface area contributed by atoms with Crippen LogP contribution in [0.5, 0.6) is 0 Å². The summed E-state index contributed by atoms with van der Waals surface area (Å²) < 4.78 is 53.7. The molecule has 0 saturated carbocycles. The van der Waals surface area contributed by atoms with Gasteiger partial charge in [-0.2, -0.15) is 0 Å². The van der Waals surface area contributed by atoms with Gasteiger partial charge < -0.3 is 5.11 Å². The summed E-state index contributed by atoms with van der Waals surface area (Å²) in [6.07, 6.45) is 0. The van der Waals surface area contributed by atoms with Crippen molar-refractivity contribution in [3.63, 3.8) is 0 Å². The smallest absolute Gasteiger partial charge is 0.335 e. The molecular weight excluding hydrogens is 414 g/mol. The highest BCUT2D eigenvalue weighted by Crippen LogP contribution is 2.27. The Labute approximate surface area is 168 Å². The third-order valence-corrected chi connectivity index (χ3v) is 7.47. The van der Waals surface area contributed by atoms with Crippen LogP contribution in [-0.2, 0) is 19.9 Å². The van der Waals surface area contributed by atoms with Crippen molar-refractivity contribution in [2.45, 2.75) is 21.6 Å². The molecule has 0 aliphatic rings. The highest BCUT2D eigenvalue weighted by atomic mass is 32.2. The highest BCUT2D eigenvalue weighted by molar-refractivity contribution is 7.93. The molecule has 0 spiro atoms. The van der Waals surface area contributed by atoms with Gasteiger partial charge in [0.05, 0.1) is 20.2 Å². The summed E-state index contributed by atoms with van der Waals surface area (Å²) in [7, 11) is -8.06. The molecular formula is C20H17NO6S2. The number of rotatable bonds is 6. The van der Waals surface area contributed by atoms with Crippen LogP contribution >= 0.6 is 0 Å². The largest absolute Gasteiger partial charge is 0.478 e. The molecule has 0 aliphatic carbocycles. The van der Waals surface area contributed by atoms with Crippen LogP contribution in [0.2, 0.25) is 0 Å². The van der Waals surface area contributed by atoms with Crippen LogP contribution in [0, 0.1) is 6.92 Å². The third kappa shape index (κ3) is 4.30. The Balaban J connectivity index is 2.03. The number of aryl methyl sites for hydroxylation is 1.